The second-order valence-electron chi connectivity index (χ2n) is 7.00. The molecular weight excluding hydrogens is 372 g/mol. The summed E-state index contributed by atoms with van der Waals surface area (Å²) < 4.78 is 25.7. The van der Waals surface area contributed by atoms with Crippen molar-refractivity contribution < 1.29 is 13.2 Å². The Balaban J connectivity index is 2.39. The second kappa shape index (κ2) is 9.55. The standard InChI is InChI=1S/C22H28N2O3S/c1-4-5-7-16(2)17-10-12-21(19(14-17)11-13-22(23)25)18-8-6-9-20(15-18)24-28(3,26)27/h4-5,7,9,14-15,24H,1-2,6,8,10-13H2,3H3,(H2,23,25)/b7-5-. The summed E-state index contributed by atoms with van der Waals surface area (Å²) >= 11 is 0. The Kier molecular flexibility index (Phi) is 7.40. The van der Waals surface area contributed by atoms with Crippen LogP contribution < -0.4 is 10.5 Å². The molecule has 0 spiro atoms. The fourth-order valence-electron chi connectivity index (χ4n) is 3.41. The van der Waals surface area contributed by atoms with Gasteiger partial charge in [-0.25, -0.2) is 8.42 Å². The maximum Gasteiger partial charge on any atom is 0.229 e. The largest absolute Gasteiger partial charge is 0.370 e. The minimum absolute atomic E-state index is 0.273. The van der Waals surface area contributed by atoms with Gasteiger partial charge in [0.2, 0.25) is 15.9 Å². The fourth-order valence-corrected chi connectivity index (χ4v) is 3.98. The van der Waals surface area contributed by atoms with Gasteiger partial charge in [0.1, 0.15) is 0 Å². The lowest BCUT2D eigenvalue weighted by Crippen LogP contribution is -2.21. The minimum Gasteiger partial charge on any atom is -0.370 e. The van der Waals surface area contributed by atoms with Crippen molar-refractivity contribution in [1.29, 1.82) is 0 Å². The lowest BCUT2D eigenvalue weighted by Gasteiger charge is -2.25. The quantitative estimate of drug-likeness (QED) is 0.578. The van der Waals surface area contributed by atoms with Crippen molar-refractivity contribution in [2.45, 2.75) is 38.5 Å². The monoisotopic (exact) mass is 400 g/mol. The van der Waals surface area contributed by atoms with E-state index >= 15 is 0 Å². The second-order valence-corrected chi connectivity index (χ2v) is 8.75. The van der Waals surface area contributed by atoms with Crippen LogP contribution in [-0.4, -0.2) is 20.6 Å². The molecule has 0 saturated heterocycles. The highest BCUT2D eigenvalue weighted by atomic mass is 32.2. The van der Waals surface area contributed by atoms with Gasteiger partial charge in [0.05, 0.1) is 6.26 Å². The number of sulfonamides is 1. The summed E-state index contributed by atoms with van der Waals surface area (Å²) in [5, 5.41) is 0. The SMILES string of the molecule is C=C/C=C\C(=C)C1=CC(CCC(N)=O)=C(C2=CC(NS(C)(=O)=O)=CCC2)CC1. The molecule has 0 aromatic carbocycles. The van der Waals surface area contributed by atoms with Gasteiger partial charge in [-0.05, 0) is 66.0 Å². The molecule has 2 aliphatic rings. The zero-order chi connectivity index (χ0) is 20.7. The van der Waals surface area contributed by atoms with Crippen molar-refractivity contribution in [2.75, 3.05) is 6.26 Å². The van der Waals surface area contributed by atoms with Gasteiger partial charge < -0.3 is 5.73 Å². The molecule has 0 aromatic rings. The molecule has 3 N–H and O–H groups in total. The predicted molar refractivity (Wildman–Crippen MR) is 115 cm³/mol. The number of nitrogens with two attached hydrogens (primary N) is 1. The highest BCUT2D eigenvalue weighted by molar-refractivity contribution is 7.88. The highest BCUT2D eigenvalue weighted by Crippen LogP contribution is 2.37. The fraction of sp³-hybridized carbons (Fsp3) is 0.318. The van der Waals surface area contributed by atoms with Gasteiger partial charge in [0.15, 0.2) is 0 Å². The third kappa shape index (κ3) is 6.53. The van der Waals surface area contributed by atoms with Crippen LogP contribution in [0, 0.1) is 0 Å². The van der Waals surface area contributed by atoms with E-state index in [4.69, 9.17) is 5.73 Å². The summed E-state index contributed by atoms with van der Waals surface area (Å²) in [5.41, 5.74) is 11.4. The molecular formula is C22H28N2O3S. The number of allylic oxidation sites excluding steroid dienone is 11. The van der Waals surface area contributed by atoms with E-state index in [-0.39, 0.29) is 12.3 Å². The number of hydrogen-bond acceptors (Lipinski definition) is 3. The number of hydrogen-bond donors (Lipinski definition) is 2. The molecule has 0 aromatic heterocycles. The molecule has 2 aliphatic carbocycles. The van der Waals surface area contributed by atoms with Crippen molar-refractivity contribution in [1.82, 2.24) is 4.72 Å². The summed E-state index contributed by atoms with van der Waals surface area (Å²) in [7, 11) is -3.32. The number of primary amides is 1. The molecule has 0 heterocycles. The van der Waals surface area contributed by atoms with Gasteiger partial charge >= 0.3 is 0 Å². The Morgan fingerprint density at radius 1 is 1.29 bits per heavy atom. The molecule has 28 heavy (non-hydrogen) atoms. The van der Waals surface area contributed by atoms with Gasteiger partial charge in [-0.15, -0.1) is 0 Å². The van der Waals surface area contributed by atoms with E-state index in [1.807, 2.05) is 24.3 Å². The zero-order valence-corrected chi connectivity index (χ0v) is 17.1. The Hall–Kier alpha value is -2.60. The Morgan fingerprint density at radius 3 is 2.68 bits per heavy atom. The minimum atomic E-state index is -3.32. The van der Waals surface area contributed by atoms with Gasteiger partial charge in [-0.1, -0.05) is 43.5 Å². The highest BCUT2D eigenvalue weighted by Gasteiger charge is 2.20. The molecule has 5 nitrogen and oxygen atoms in total. The molecule has 0 unspecified atom stereocenters. The molecule has 2 rings (SSSR count). The summed E-state index contributed by atoms with van der Waals surface area (Å²) in [6, 6.07) is 0. The first-order valence-corrected chi connectivity index (χ1v) is 11.2. The van der Waals surface area contributed by atoms with Crippen LogP contribution in [0.5, 0.6) is 0 Å². The van der Waals surface area contributed by atoms with Crippen LogP contribution in [0.3, 0.4) is 0 Å². The first kappa shape index (κ1) is 21.7. The lowest BCUT2D eigenvalue weighted by atomic mass is 9.81. The Bertz CT molecular complexity index is 929. The lowest BCUT2D eigenvalue weighted by molar-refractivity contribution is -0.117. The zero-order valence-electron chi connectivity index (χ0n) is 16.3. The topological polar surface area (TPSA) is 89.3 Å². The van der Waals surface area contributed by atoms with Crippen LogP contribution >= 0.6 is 0 Å². The summed E-state index contributed by atoms with van der Waals surface area (Å²) in [6.07, 6.45) is 16.6. The third-order valence-corrected chi connectivity index (χ3v) is 5.27. The van der Waals surface area contributed by atoms with E-state index in [0.29, 0.717) is 12.1 Å². The predicted octanol–water partition coefficient (Wildman–Crippen LogP) is 3.72. The molecule has 150 valence electrons. The van der Waals surface area contributed by atoms with Gasteiger partial charge in [0.25, 0.3) is 0 Å². The van der Waals surface area contributed by atoms with Crippen molar-refractivity contribution in [3.63, 3.8) is 0 Å². The van der Waals surface area contributed by atoms with Crippen molar-refractivity contribution in [3.8, 4) is 0 Å². The molecule has 0 aliphatic heterocycles. The molecule has 1 amide bonds. The summed E-state index contributed by atoms with van der Waals surface area (Å²) in [4.78, 5) is 11.3. The summed E-state index contributed by atoms with van der Waals surface area (Å²) in [6.45, 7) is 7.80. The number of carbonyl (C=O) groups excluding carboxylic acids is 1. The van der Waals surface area contributed by atoms with E-state index in [1.54, 1.807) is 6.08 Å². The van der Waals surface area contributed by atoms with Crippen LogP contribution in [0.15, 0.2) is 83.2 Å². The molecule has 6 heteroatoms. The van der Waals surface area contributed by atoms with E-state index in [2.05, 4.69) is 24.0 Å². The maximum absolute atomic E-state index is 11.6. The van der Waals surface area contributed by atoms with Crippen LogP contribution in [0.2, 0.25) is 0 Å². The normalized spacial score (nSPS) is 17.7. The van der Waals surface area contributed by atoms with E-state index in [0.717, 1.165) is 54.2 Å². The van der Waals surface area contributed by atoms with Crippen molar-refractivity contribution >= 4 is 15.9 Å². The number of carbonyl (C=O) groups is 1. The van der Waals surface area contributed by atoms with Gasteiger partial charge in [0, 0.05) is 12.1 Å². The first-order chi connectivity index (χ1) is 13.2. The summed E-state index contributed by atoms with van der Waals surface area (Å²) in [5.74, 6) is -0.338. The third-order valence-electron chi connectivity index (χ3n) is 4.67. The van der Waals surface area contributed by atoms with Gasteiger partial charge in [-0.2, -0.15) is 0 Å². The van der Waals surface area contributed by atoms with Crippen molar-refractivity contribution in [3.05, 3.63) is 83.2 Å². The maximum atomic E-state index is 11.6. The van der Waals surface area contributed by atoms with Gasteiger partial charge in [-0.3, -0.25) is 9.52 Å². The molecule has 0 bridgehead atoms. The smallest absolute Gasteiger partial charge is 0.229 e. The molecule has 0 fully saturated rings. The van der Waals surface area contributed by atoms with E-state index < -0.39 is 10.0 Å². The van der Waals surface area contributed by atoms with Crippen LogP contribution in [0.4, 0.5) is 0 Å². The van der Waals surface area contributed by atoms with E-state index in [1.165, 1.54) is 5.57 Å². The average Bonchev–Trinajstić information content (AvgIpc) is 2.63. The average molecular weight is 401 g/mol. The molecule has 0 radical (unpaired) electrons. The van der Waals surface area contributed by atoms with Crippen LogP contribution in [0.25, 0.3) is 0 Å². The van der Waals surface area contributed by atoms with Crippen LogP contribution in [-0.2, 0) is 14.8 Å². The Morgan fingerprint density at radius 2 is 2.04 bits per heavy atom. The first-order valence-electron chi connectivity index (χ1n) is 9.28. The number of rotatable bonds is 9. The molecule has 0 atom stereocenters. The number of amides is 1. The van der Waals surface area contributed by atoms with Crippen molar-refractivity contribution in [2.24, 2.45) is 5.73 Å². The van der Waals surface area contributed by atoms with Crippen LogP contribution in [0.1, 0.15) is 38.5 Å². The number of nitrogens with one attached hydrogen (secondary N) is 1. The molecule has 0 saturated carbocycles. The Labute approximate surface area is 167 Å². The van der Waals surface area contributed by atoms with E-state index in [9.17, 15) is 13.2 Å².